The van der Waals surface area contributed by atoms with E-state index in [0.717, 1.165) is 29.5 Å². The van der Waals surface area contributed by atoms with Gasteiger partial charge in [0.1, 0.15) is 5.78 Å². The summed E-state index contributed by atoms with van der Waals surface area (Å²) in [6, 6.07) is 5.21. The maximum atomic E-state index is 12.5. The van der Waals surface area contributed by atoms with Crippen molar-refractivity contribution in [2.45, 2.75) is 57.5 Å². The number of rotatable bonds is 1. The van der Waals surface area contributed by atoms with Gasteiger partial charge < -0.3 is 24.8 Å². The molecule has 0 fully saturated rings. The van der Waals surface area contributed by atoms with Crippen molar-refractivity contribution in [3.63, 3.8) is 0 Å². The largest absolute Gasteiger partial charge is 0.504 e. The summed E-state index contributed by atoms with van der Waals surface area (Å²) in [6.45, 7) is 0.552. The Balaban J connectivity index is 1.80. The molecule has 6 nitrogen and oxygen atoms in total. The number of fused-ring (bicyclic) bond motifs is 5. The van der Waals surface area contributed by atoms with E-state index in [1.54, 1.807) is 6.07 Å². The van der Waals surface area contributed by atoms with Crippen LogP contribution in [-0.2, 0) is 30.5 Å². The Morgan fingerprint density at radius 3 is 2.75 bits per heavy atom. The summed E-state index contributed by atoms with van der Waals surface area (Å²) in [6.07, 6.45) is 3.12. The molecule has 1 atom stereocenters. The molecule has 0 radical (unpaired) electrons. The fraction of sp³-hybridized carbons (Fsp3) is 0.423. The third-order valence-electron chi connectivity index (χ3n) is 6.15. The lowest BCUT2D eigenvalue weighted by Crippen LogP contribution is -2.16. The molecule has 2 aromatic rings. The Hall–Kier alpha value is -3.17. The van der Waals surface area contributed by atoms with Crippen molar-refractivity contribution >= 4 is 5.78 Å². The molecule has 1 aliphatic carbocycles. The summed E-state index contributed by atoms with van der Waals surface area (Å²) in [5.41, 5.74) is 3.99. The lowest BCUT2D eigenvalue weighted by Gasteiger charge is -2.23. The van der Waals surface area contributed by atoms with Gasteiger partial charge in [-0.25, -0.2) is 0 Å². The second kappa shape index (κ2) is 9.54. The molecule has 2 aromatic carbocycles. The minimum absolute atomic E-state index is 0.0184. The molecule has 1 unspecified atom stereocenters. The van der Waals surface area contributed by atoms with E-state index in [0.29, 0.717) is 42.7 Å². The van der Waals surface area contributed by atoms with Gasteiger partial charge in [-0.3, -0.25) is 4.79 Å². The molecule has 4 rings (SSSR count). The second-order valence-electron chi connectivity index (χ2n) is 8.37. The topological polar surface area (TPSA) is 96.2 Å². The molecule has 0 saturated heterocycles. The fourth-order valence-electron chi connectivity index (χ4n) is 4.47. The maximum Gasteiger partial charge on any atom is 0.176 e. The Bertz CT molecular complexity index is 1090. The number of carbonyl (C=O) groups is 1. The number of hydrogen-bond donors (Lipinski definition) is 3. The molecule has 1 aliphatic heterocycles. The van der Waals surface area contributed by atoms with E-state index in [1.807, 2.05) is 6.07 Å². The highest BCUT2D eigenvalue weighted by atomic mass is 16.5. The molecule has 2 aliphatic rings. The van der Waals surface area contributed by atoms with Crippen LogP contribution in [0.1, 0.15) is 53.5 Å². The number of ketones is 1. The monoisotopic (exact) mass is 436 g/mol. The van der Waals surface area contributed by atoms with E-state index in [2.05, 4.69) is 11.8 Å². The van der Waals surface area contributed by atoms with Crippen LogP contribution in [0.25, 0.3) is 0 Å². The third kappa shape index (κ3) is 4.53. The zero-order valence-electron chi connectivity index (χ0n) is 18.2. The first-order valence-electron chi connectivity index (χ1n) is 11.0. The van der Waals surface area contributed by atoms with Crippen LogP contribution in [0.5, 0.6) is 23.0 Å². The van der Waals surface area contributed by atoms with E-state index in [1.165, 1.54) is 13.2 Å². The molecule has 32 heavy (non-hydrogen) atoms. The molecule has 1 heterocycles. The van der Waals surface area contributed by atoms with Crippen molar-refractivity contribution in [3.8, 4) is 34.8 Å². The number of benzene rings is 2. The predicted molar refractivity (Wildman–Crippen MR) is 119 cm³/mol. The van der Waals surface area contributed by atoms with Crippen LogP contribution in [-0.4, -0.2) is 40.9 Å². The Morgan fingerprint density at radius 1 is 1.09 bits per heavy atom. The zero-order chi connectivity index (χ0) is 22.7. The van der Waals surface area contributed by atoms with Crippen molar-refractivity contribution in [1.29, 1.82) is 0 Å². The van der Waals surface area contributed by atoms with Gasteiger partial charge in [0.05, 0.1) is 25.4 Å². The number of carbonyl (C=O) groups excluding carboxylic acids is 1. The normalized spacial score (nSPS) is 18.7. The molecule has 6 heteroatoms. The number of aromatic hydroxyl groups is 2. The second-order valence-corrected chi connectivity index (χ2v) is 8.37. The van der Waals surface area contributed by atoms with Gasteiger partial charge in [-0.05, 0) is 49.3 Å². The molecule has 0 spiro atoms. The average Bonchev–Trinajstić information content (AvgIpc) is 2.79. The van der Waals surface area contributed by atoms with Gasteiger partial charge in [-0.1, -0.05) is 24.0 Å². The number of aliphatic hydroxyl groups is 1. The van der Waals surface area contributed by atoms with Crippen LogP contribution in [0, 0.1) is 11.8 Å². The van der Waals surface area contributed by atoms with Crippen LogP contribution < -0.4 is 9.47 Å². The molecule has 3 N–H and O–H groups in total. The van der Waals surface area contributed by atoms with Crippen molar-refractivity contribution in [3.05, 3.63) is 46.0 Å². The van der Waals surface area contributed by atoms with Gasteiger partial charge in [0.25, 0.3) is 0 Å². The van der Waals surface area contributed by atoms with E-state index < -0.39 is 6.10 Å². The van der Waals surface area contributed by atoms with Crippen LogP contribution in [0.15, 0.2) is 18.2 Å². The quantitative estimate of drug-likeness (QED) is 0.594. The maximum absolute atomic E-state index is 12.5. The lowest BCUT2D eigenvalue weighted by molar-refractivity contribution is -0.121. The fourth-order valence-corrected chi connectivity index (χ4v) is 4.47. The average molecular weight is 437 g/mol. The van der Waals surface area contributed by atoms with Crippen LogP contribution in [0.4, 0.5) is 0 Å². The van der Waals surface area contributed by atoms with Crippen LogP contribution >= 0.6 is 0 Å². The van der Waals surface area contributed by atoms with Crippen LogP contribution in [0.2, 0.25) is 0 Å². The first kappa shape index (κ1) is 22.0. The Labute approximate surface area is 187 Å². The van der Waals surface area contributed by atoms with E-state index in [4.69, 9.17) is 9.47 Å². The number of phenolic OH excluding ortho intramolecular Hbond substituents is 2. The summed E-state index contributed by atoms with van der Waals surface area (Å²) < 4.78 is 11.2. The smallest absolute Gasteiger partial charge is 0.176 e. The number of ether oxygens (including phenoxy) is 2. The first-order valence-corrected chi connectivity index (χ1v) is 11.0. The lowest BCUT2D eigenvalue weighted by atomic mass is 9.91. The van der Waals surface area contributed by atoms with Gasteiger partial charge >= 0.3 is 0 Å². The standard InChI is InChI=1S/C26H28O6/c1-31-25-21-5-2-4-18-14-17(22-6-3-13-32-26(22)24(18)30)8-11-20(28)15-19(27)10-7-16(21)9-12-23(25)29/h9,12,14,20,28-30H,3-4,6-8,10-11,13,15H2,1H3. The summed E-state index contributed by atoms with van der Waals surface area (Å²) in [4.78, 5) is 12.5. The zero-order valence-corrected chi connectivity index (χ0v) is 18.2. The van der Waals surface area contributed by atoms with Gasteiger partial charge in [0.2, 0.25) is 0 Å². The highest BCUT2D eigenvalue weighted by molar-refractivity contribution is 5.79. The molecule has 0 aromatic heterocycles. The van der Waals surface area contributed by atoms with Gasteiger partial charge in [-0.2, -0.15) is 0 Å². The minimum Gasteiger partial charge on any atom is -0.504 e. The number of aryl methyl sites for hydroxylation is 2. The molecule has 168 valence electrons. The molecule has 2 bridgehead atoms. The SMILES string of the molecule is COc1c(O)ccc2c1C#CCc1cc(c3c(c1O)OCCC3)CCC(O)CC(=O)CC2. The van der Waals surface area contributed by atoms with Crippen molar-refractivity contribution in [2.75, 3.05) is 13.7 Å². The number of aliphatic hydroxyl groups excluding tert-OH is 1. The van der Waals surface area contributed by atoms with Gasteiger partial charge in [0, 0.05) is 30.4 Å². The summed E-state index contributed by atoms with van der Waals surface area (Å²) in [7, 11) is 1.47. The van der Waals surface area contributed by atoms with Crippen molar-refractivity contribution in [2.24, 2.45) is 0 Å². The van der Waals surface area contributed by atoms with E-state index in [9.17, 15) is 20.1 Å². The van der Waals surface area contributed by atoms with Crippen molar-refractivity contribution in [1.82, 2.24) is 0 Å². The molecule has 0 saturated carbocycles. The highest BCUT2D eigenvalue weighted by Gasteiger charge is 2.23. The third-order valence-corrected chi connectivity index (χ3v) is 6.15. The van der Waals surface area contributed by atoms with E-state index >= 15 is 0 Å². The number of phenols is 2. The van der Waals surface area contributed by atoms with Gasteiger partial charge in [0.15, 0.2) is 23.0 Å². The number of hydrogen-bond acceptors (Lipinski definition) is 6. The Morgan fingerprint density at radius 2 is 1.94 bits per heavy atom. The highest BCUT2D eigenvalue weighted by Crippen LogP contribution is 2.40. The Kier molecular flexibility index (Phi) is 6.57. The summed E-state index contributed by atoms with van der Waals surface area (Å²) >= 11 is 0. The van der Waals surface area contributed by atoms with Crippen LogP contribution in [0.3, 0.4) is 0 Å². The number of Topliss-reactive ketones (excluding diaryl/α,β-unsaturated/α-hetero) is 1. The number of methoxy groups -OCH3 is 1. The van der Waals surface area contributed by atoms with Crippen molar-refractivity contribution < 1.29 is 29.6 Å². The molecule has 0 amide bonds. The predicted octanol–water partition coefficient (Wildman–Crippen LogP) is 3.22. The molecular weight excluding hydrogens is 408 g/mol. The minimum atomic E-state index is -0.727. The summed E-state index contributed by atoms with van der Waals surface area (Å²) in [5.74, 6) is 7.04. The molecular formula is C26H28O6. The van der Waals surface area contributed by atoms with E-state index in [-0.39, 0.29) is 42.3 Å². The van der Waals surface area contributed by atoms with Gasteiger partial charge in [-0.15, -0.1) is 0 Å². The first-order chi connectivity index (χ1) is 15.5. The summed E-state index contributed by atoms with van der Waals surface area (Å²) in [5, 5.41) is 31.5.